The molecule has 0 atom stereocenters. The van der Waals surface area contributed by atoms with E-state index in [0.29, 0.717) is 12.8 Å². The average molecular weight is 293 g/mol. The van der Waals surface area contributed by atoms with Crippen LogP contribution in [0.25, 0.3) is 0 Å². The maximum absolute atomic E-state index is 11.9. The summed E-state index contributed by atoms with van der Waals surface area (Å²) in [7, 11) is -3.64. The molecule has 2 N–H and O–H groups in total. The second-order valence-corrected chi connectivity index (χ2v) is 7.13. The second-order valence-electron chi connectivity index (χ2n) is 5.29. The monoisotopic (exact) mass is 293 g/mol. The molecule has 0 aromatic rings. The summed E-state index contributed by atoms with van der Waals surface area (Å²) in [5, 5.41) is 9.31. The Balaban J connectivity index is 2.65. The smallest absolute Gasteiger partial charge is 0.324 e. The van der Waals surface area contributed by atoms with E-state index in [-0.39, 0.29) is 18.5 Å². The summed E-state index contributed by atoms with van der Waals surface area (Å²) in [6.45, 7) is 3.71. The van der Waals surface area contributed by atoms with E-state index < -0.39 is 21.5 Å². The number of carboxylic acids is 1. The molecule has 0 unspecified atom stereocenters. The number of aliphatic carboxylic acids is 1. The van der Waals surface area contributed by atoms with Crippen LogP contribution in [0.15, 0.2) is 0 Å². The predicted molar refractivity (Wildman–Crippen MR) is 71.5 cm³/mol. The molecule has 6 nitrogen and oxygen atoms in total. The summed E-state index contributed by atoms with van der Waals surface area (Å²) in [5.74, 6) is -1.29. The van der Waals surface area contributed by atoms with Crippen molar-refractivity contribution in [3.63, 3.8) is 0 Å². The first kappa shape index (κ1) is 16.4. The molecule has 0 spiro atoms. The van der Waals surface area contributed by atoms with Gasteiger partial charge >= 0.3 is 5.97 Å². The van der Waals surface area contributed by atoms with Crippen LogP contribution in [-0.4, -0.2) is 43.5 Å². The lowest BCUT2D eigenvalue weighted by atomic mass is 9.83. The van der Waals surface area contributed by atoms with Crippen LogP contribution in [0.1, 0.15) is 46.0 Å². The summed E-state index contributed by atoms with van der Waals surface area (Å²) in [6, 6.07) is 0. The Labute approximate surface area is 114 Å². The van der Waals surface area contributed by atoms with Crippen molar-refractivity contribution < 1.29 is 23.1 Å². The minimum atomic E-state index is -3.64. The van der Waals surface area contributed by atoms with Crippen LogP contribution in [0.2, 0.25) is 0 Å². The highest BCUT2D eigenvalue weighted by Crippen LogP contribution is 2.29. The van der Waals surface area contributed by atoms with Gasteiger partial charge in [0.25, 0.3) is 0 Å². The lowest BCUT2D eigenvalue weighted by Gasteiger charge is -2.33. The zero-order valence-electron chi connectivity index (χ0n) is 11.5. The first-order valence-corrected chi connectivity index (χ1v) is 8.29. The Morgan fingerprint density at radius 3 is 2.37 bits per heavy atom. The van der Waals surface area contributed by atoms with Crippen molar-refractivity contribution in [3.05, 3.63) is 0 Å². The van der Waals surface area contributed by atoms with Gasteiger partial charge in [-0.3, -0.25) is 4.79 Å². The zero-order valence-corrected chi connectivity index (χ0v) is 12.3. The van der Waals surface area contributed by atoms with Gasteiger partial charge in [-0.25, -0.2) is 8.42 Å². The fourth-order valence-electron chi connectivity index (χ4n) is 2.26. The molecule has 0 aliphatic heterocycles. The van der Waals surface area contributed by atoms with Crippen molar-refractivity contribution in [2.75, 3.05) is 12.4 Å². The molecule has 0 heterocycles. The van der Waals surface area contributed by atoms with Crippen molar-refractivity contribution in [2.45, 2.75) is 57.6 Å². The lowest BCUT2D eigenvalue weighted by molar-refractivity contribution is -0.145. The highest BCUT2D eigenvalue weighted by molar-refractivity contribution is 7.89. The second kappa shape index (κ2) is 6.67. The van der Waals surface area contributed by atoms with Crippen molar-refractivity contribution in [3.8, 4) is 0 Å². The van der Waals surface area contributed by atoms with Crippen LogP contribution in [-0.2, 0) is 19.6 Å². The Hall–Kier alpha value is -0.660. The third-order valence-corrected chi connectivity index (χ3v) is 4.68. The third kappa shape index (κ3) is 5.08. The lowest BCUT2D eigenvalue weighted by Crippen LogP contribution is -2.56. The molecule has 1 aliphatic carbocycles. The summed E-state index contributed by atoms with van der Waals surface area (Å²) in [6.07, 6.45) is 3.08. The van der Waals surface area contributed by atoms with E-state index in [2.05, 4.69) is 4.72 Å². The van der Waals surface area contributed by atoms with E-state index in [1.54, 1.807) is 0 Å². The van der Waals surface area contributed by atoms with Gasteiger partial charge in [0.1, 0.15) is 5.54 Å². The largest absolute Gasteiger partial charge is 0.480 e. The Morgan fingerprint density at radius 1 is 1.32 bits per heavy atom. The van der Waals surface area contributed by atoms with Crippen molar-refractivity contribution in [1.29, 1.82) is 0 Å². The third-order valence-electron chi connectivity index (χ3n) is 3.27. The molecule has 1 fully saturated rings. The maximum Gasteiger partial charge on any atom is 0.324 e. The highest BCUT2D eigenvalue weighted by atomic mass is 32.2. The molecule has 0 saturated heterocycles. The van der Waals surface area contributed by atoms with Gasteiger partial charge in [0.15, 0.2) is 0 Å². The molecule has 112 valence electrons. The van der Waals surface area contributed by atoms with E-state index in [1.807, 2.05) is 13.8 Å². The number of rotatable bonds is 7. The number of nitrogens with one attached hydrogen (secondary N) is 1. The van der Waals surface area contributed by atoms with Crippen LogP contribution in [0, 0.1) is 0 Å². The quantitative estimate of drug-likeness (QED) is 0.733. The number of sulfonamides is 1. The van der Waals surface area contributed by atoms with Gasteiger partial charge in [0.2, 0.25) is 10.0 Å². The molecule has 0 radical (unpaired) electrons. The first-order chi connectivity index (χ1) is 8.77. The summed E-state index contributed by atoms with van der Waals surface area (Å²) >= 11 is 0. The SMILES string of the molecule is CC(C)OCCS(=O)(=O)NC1(C(=O)O)CCCCC1. The van der Waals surface area contributed by atoms with E-state index in [0.717, 1.165) is 19.3 Å². The maximum atomic E-state index is 11.9. The number of carboxylic acid groups (broad SMARTS) is 1. The van der Waals surface area contributed by atoms with Crippen LogP contribution in [0.3, 0.4) is 0 Å². The summed E-state index contributed by atoms with van der Waals surface area (Å²) in [4.78, 5) is 11.4. The van der Waals surface area contributed by atoms with E-state index in [4.69, 9.17) is 4.74 Å². The summed E-state index contributed by atoms with van der Waals surface area (Å²) in [5.41, 5.74) is -1.32. The molecular weight excluding hydrogens is 270 g/mol. The minimum absolute atomic E-state index is 0.0432. The van der Waals surface area contributed by atoms with Gasteiger partial charge in [0, 0.05) is 0 Å². The molecule has 1 rings (SSSR count). The van der Waals surface area contributed by atoms with E-state index in [1.165, 1.54) is 0 Å². The van der Waals surface area contributed by atoms with Crippen LogP contribution < -0.4 is 4.72 Å². The van der Waals surface area contributed by atoms with Crippen LogP contribution in [0.4, 0.5) is 0 Å². The molecular formula is C12H23NO5S. The number of carbonyl (C=O) groups is 1. The Bertz CT molecular complexity index is 398. The zero-order chi connectivity index (χ0) is 14.5. The molecule has 1 saturated carbocycles. The highest BCUT2D eigenvalue weighted by Gasteiger charge is 2.42. The van der Waals surface area contributed by atoms with Crippen molar-refractivity contribution in [1.82, 2.24) is 4.72 Å². The minimum Gasteiger partial charge on any atom is -0.480 e. The predicted octanol–water partition coefficient (Wildman–Crippen LogP) is 1.12. The standard InChI is InChI=1S/C12H23NO5S/c1-10(2)18-8-9-19(16,17)13-12(11(14)15)6-4-3-5-7-12/h10,13H,3-9H2,1-2H3,(H,14,15). The van der Waals surface area contributed by atoms with Gasteiger partial charge < -0.3 is 9.84 Å². The molecule has 7 heteroatoms. The number of hydrogen-bond donors (Lipinski definition) is 2. The molecule has 0 bridgehead atoms. The number of ether oxygens (including phenoxy) is 1. The van der Waals surface area contributed by atoms with Crippen LogP contribution >= 0.6 is 0 Å². The Morgan fingerprint density at radius 2 is 1.89 bits per heavy atom. The van der Waals surface area contributed by atoms with Gasteiger partial charge in [-0.1, -0.05) is 19.3 Å². The van der Waals surface area contributed by atoms with Gasteiger partial charge in [-0.05, 0) is 26.7 Å². The van der Waals surface area contributed by atoms with Gasteiger partial charge in [-0.2, -0.15) is 4.72 Å². The fraction of sp³-hybridized carbons (Fsp3) is 0.917. The fourth-order valence-corrected chi connectivity index (χ4v) is 3.56. The normalized spacial score (nSPS) is 19.5. The van der Waals surface area contributed by atoms with Crippen molar-refractivity contribution >= 4 is 16.0 Å². The van der Waals surface area contributed by atoms with Gasteiger partial charge in [0.05, 0.1) is 18.5 Å². The van der Waals surface area contributed by atoms with Gasteiger partial charge in [-0.15, -0.1) is 0 Å². The average Bonchev–Trinajstić information content (AvgIpc) is 2.28. The van der Waals surface area contributed by atoms with E-state index in [9.17, 15) is 18.3 Å². The molecule has 1 aliphatic rings. The van der Waals surface area contributed by atoms with E-state index >= 15 is 0 Å². The van der Waals surface area contributed by atoms with Crippen molar-refractivity contribution in [2.24, 2.45) is 0 Å². The number of hydrogen-bond acceptors (Lipinski definition) is 4. The Kier molecular flexibility index (Phi) is 5.76. The topological polar surface area (TPSA) is 92.7 Å². The first-order valence-electron chi connectivity index (χ1n) is 6.64. The molecule has 0 amide bonds. The summed E-state index contributed by atoms with van der Waals surface area (Å²) < 4.78 is 31.4. The molecule has 0 aromatic heterocycles. The molecule has 19 heavy (non-hydrogen) atoms. The molecule has 0 aromatic carbocycles. The van der Waals surface area contributed by atoms with Crippen LogP contribution in [0.5, 0.6) is 0 Å².